The molecule has 11 heavy (non-hydrogen) atoms. The number of nitrogens with zero attached hydrogens (tertiary/aromatic N) is 5. The molecule has 1 aromatic heterocycles. The van der Waals surface area contributed by atoms with Crippen molar-refractivity contribution in [2.45, 2.75) is 6.92 Å². The van der Waals surface area contributed by atoms with E-state index in [2.05, 4.69) is 27.0 Å². The average Bonchev–Trinajstić information content (AvgIpc) is 2.33. The van der Waals surface area contributed by atoms with Gasteiger partial charge < -0.3 is 0 Å². The molecule has 1 heterocycles. The van der Waals surface area contributed by atoms with Crippen LogP contribution in [0.5, 0.6) is 0 Å². The predicted octanol–water partition coefficient (Wildman–Crippen LogP) is 0.0989. The molecule has 0 saturated carbocycles. The Bertz CT molecular complexity index is 285. The van der Waals surface area contributed by atoms with Crippen LogP contribution in [0.15, 0.2) is 10.1 Å². The third-order valence-electron chi connectivity index (χ3n) is 1.21. The number of hydrogen-bond donors (Lipinski definition) is 0. The minimum Gasteiger partial charge on any atom is -0.293 e. The molecule has 1 rings (SSSR count). The summed E-state index contributed by atoms with van der Waals surface area (Å²) in [6, 6.07) is 0. The zero-order valence-electron chi connectivity index (χ0n) is 6.52. The molecule has 0 aliphatic heterocycles. The molecule has 0 aliphatic rings. The number of hydrogen-bond acceptors (Lipinski definition) is 4. The van der Waals surface area contributed by atoms with E-state index in [1.165, 1.54) is 4.68 Å². The quantitative estimate of drug-likeness (QED) is 0.563. The molecule has 5 nitrogen and oxygen atoms in total. The summed E-state index contributed by atoms with van der Waals surface area (Å²) in [7, 11) is 1.66. The van der Waals surface area contributed by atoms with Gasteiger partial charge in [0.25, 0.3) is 0 Å². The summed E-state index contributed by atoms with van der Waals surface area (Å²) in [5, 5.41) is 11.3. The first-order valence-corrected chi connectivity index (χ1v) is 3.10. The number of aromatic nitrogens is 3. The van der Waals surface area contributed by atoms with Gasteiger partial charge in [0.15, 0.2) is 11.6 Å². The minimum atomic E-state index is 0.597. The molecular formula is C6H9N5. The number of aryl methyl sites for hydroxylation is 1. The first kappa shape index (κ1) is 7.59. The summed E-state index contributed by atoms with van der Waals surface area (Å²) in [4.78, 5) is 3.79. The Hall–Kier alpha value is -1.52. The Morgan fingerprint density at radius 3 is 2.82 bits per heavy atom. The molecule has 0 aromatic carbocycles. The van der Waals surface area contributed by atoms with E-state index in [1.807, 2.05) is 0 Å². The molecule has 0 N–H and O–H groups in total. The molecule has 0 aliphatic carbocycles. The van der Waals surface area contributed by atoms with Crippen molar-refractivity contribution in [1.82, 2.24) is 14.9 Å². The highest BCUT2D eigenvalue weighted by atomic mass is 15.4. The zero-order chi connectivity index (χ0) is 8.27. The van der Waals surface area contributed by atoms with Crippen LogP contribution in [0.1, 0.15) is 11.6 Å². The van der Waals surface area contributed by atoms with Gasteiger partial charge in [-0.25, -0.2) is 0 Å². The third kappa shape index (κ3) is 1.31. The fraction of sp³-hybridized carbons (Fsp3) is 0.333. The van der Waals surface area contributed by atoms with Gasteiger partial charge >= 0.3 is 0 Å². The van der Waals surface area contributed by atoms with Crippen molar-refractivity contribution in [2.24, 2.45) is 10.1 Å². The molecule has 0 saturated heterocycles. The van der Waals surface area contributed by atoms with Gasteiger partial charge in [-0.15, -0.1) is 10.2 Å². The topological polar surface area (TPSA) is 55.4 Å². The van der Waals surface area contributed by atoms with Crippen molar-refractivity contribution in [3.63, 3.8) is 0 Å². The van der Waals surface area contributed by atoms with Crippen LogP contribution in [0.3, 0.4) is 0 Å². The predicted molar refractivity (Wildman–Crippen MR) is 43.2 cm³/mol. The lowest BCUT2D eigenvalue weighted by Gasteiger charge is -1.93. The smallest absolute Gasteiger partial charge is 0.195 e. The van der Waals surface area contributed by atoms with Gasteiger partial charge in [-0.2, -0.15) is 9.78 Å². The van der Waals surface area contributed by atoms with E-state index in [-0.39, 0.29) is 0 Å². The number of rotatable bonds is 2. The Morgan fingerprint density at radius 1 is 1.55 bits per heavy atom. The summed E-state index contributed by atoms with van der Waals surface area (Å²) in [5.41, 5.74) is 0. The molecule has 0 amide bonds. The maximum atomic E-state index is 3.81. The second-order valence-electron chi connectivity index (χ2n) is 1.95. The van der Waals surface area contributed by atoms with E-state index < -0.39 is 0 Å². The molecule has 5 heteroatoms. The van der Waals surface area contributed by atoms with Gasteiger partial charge in [0.05, 0.1) is 6.21 Å². The molecule has 1 aromatic rings. The van der Waals surface area contributed by atoms with Gasteiger partial charge in [0.1, 0.15) is 0 Å². The second kappa shape index (κ2) is 3.05. The first-order chi connectivity index (χ1) is 5.29. The standard InChI is InChI=1S/C6H9N5/c1-5-9-10-6(4-7-2)11(5)8-3/h4H,3H2,1-2H3. The number of aliphatic imine (C=N–C) groups is 1. The lowest BCUT2D eigenvalue weighted by molar-refractivity contribution is 0.829. The molecule has 0 fully saturated rings. The summed E-state index contributed by atoms with van der Waals surface area (Å²) < 4.78 is 1.52. The maximum absolute atomic E-state index is 3.81. The van der Waals surface area contributed by atoms with Crippen LogP contribution in [-0.4, -0.2) is 34.9 Å². The van der Waals surface area contributed by atoms with Gasteiger partial charge in [-0.05, 0) is 6.92 Å². The summed E-state index contributed by atoms with van der Waals surface area (Å²) in [6.45, 7) is 5.18. The highest BCUT2D eigenvalue weighted by Gasteiger charge is 2.02. The molecule has 0 atom stereocenters. The fourth-order valence-electron chi connectivity index (χ4n) is 0.745. The van der Waals surface area contributed by atoms with Crippen LogP contribution in [0.4, 0.5) is 0 Å². The van der Waals surface area contributed by atoms with Gasteiger partial charge in [0, 0.05) is 13.8 Å². The van der Waals surface area contributed by atoms with Gasteiger partial charge in [0.2, 0.25) is 0 Å². The SMILES string of the molecule is C=Nn1c(C)nnc1C=NC. The van der Waals surface area contributed by atoms with E-state index in [1.54, 1.807) is 20.2 Å². The summed E-state index contributed by atoms with van der Waals surface area (Å²) in [6.07, 6.45) is 1.58. The van der Waals surface area contributed by atoms with Crippen LogP contribution in [0.25, 0.3) is 0 Å². The molecule has 0 spiro atoms. The van der Waals surface area contributed by atoms with Crippen molar-refractivity contribution >= 4 is 12.9 Å². The first-order valence-electron chi connectivity index (χ1n) is 3.10. The van der Waals surface area contributed by atoms with Crippen molar-refractivity contribution in [3.05, 3.63) is 11.6 Å². The van der Waals surface area contributed by atoms with Gasteiger partial charge in [-0.1, -0.05) is 0 Å². The second-order valence-corrected chi connectivity index (χ2v) is 1.95. The van der Waals surface area contributed by atoms with Crippen molar-refractivity contribution in [1.29, 1.82) is 0 Å². The highest BCUT2D eigenvalue weighted by molar-refractivity contribution is 5.74. The molecule has 0 radical (unpaired) electrons. The van der Waals surface area contributed by atoms with Crippen LogP contribution in [0, 0.1) is 6.92 Å². The van der Waals surface area contributed by atoms with E-state index >= 15 is 0 Å². The van der Waals surface area contributed by atoms with Crippen LogP contribution in [0.2, 0.25) is 0 Å². The summed E-state index contributed by atoms with van der Waals surface area (Å²) >= 11 is 0. The van der Waals surface area contributed by atoms with E-state index in [9.17, 15) is 0 Å². The molecule has 0 bridgehead atoms. The lowest BCUT2D eigenvalue weighted by Crippen LogP contribution is -1.97. The normalized spacial score (nSPS) is 10.7. The maximum Gasteiger partial charge on any atom is 0.195 e. The van der Waals surface area contributed by atoms with E-state index in [0.29, 0.717) is 11.6 Å². The lowest BCUT2D eigenvalue weighted by atomic mass is 10.6. The highest BCUT2D eigenvalue weighted by Crippen LogP contribution is 1.96. The Labute approximate surface area is 64.5 Å². The zero-order valence-corrected chi connectivity index (χ0v) is 6.52. The molecule has 58 valence electrons. The monoisotopic (exact) mass is 151 g/mol. The van der Waals surface area contributed by atoms with Crippen molar-refractivity contribution < 1.29 is 0 Å². The Balaban J connectivity index is 3.15. The van der Waals surface area contributed by atoms with Crippen molar-refractivity contribution in [2.75, 3.05) is 7.05 Å². The minimum absolute atomic E-state index is 0.597. The molecule has 0 unspecified atom stereocenters. The largest absolute Gasteiger partial charge is 0.293 e. The molecular weight excluding hydrogens is 142 g/mol. The van der Waals surface area contributed by atoms with Crippen LogP contribution < -0.4 is 0 Å². The Kier molecular flexibility index (Phi) is 2.10. The van der Waals surface area contributed by atoms with Crippen LogP contribution >= 0.6 is 0 Å². The fourth-order valence-corrected chi connectivity index (χ4v) is 0.745. The third-order valence-corrected chi connectivity index (χ3v) is 1.21. The van der Waals surface area contributed by atoms with Crippen molar-refractivity contribution in [3.8, 4) is 0 Å². The average molecular weight is 151 g/mol. The van der Waals surface area contributed by atoms with E-state index in [4.69, 9.17) is 0 Å². The van der Waals surface area contributed by atoms with Gasteiger partial charge in [-0.3, -0.25) is 4.99 Å². The Morgan fingerprint density at radius 2 is 2.27 bits per heavy atom. The van der Waals surface area contributed by atoms with Crippen LogP contribution in [-0.2, 0) is 0 Å². The summed E-state index contributed by atoms with van der Waals surface area (Å²) in [5.74, 6) is 1.30. The van der Waals surface area contributed by atoms with E-state index in [0.717, 1.165) is 0 Å².